The fourth-order valence-corrected chi connectivity index (χ4v) is 9.58. The summed E-state index contributed by atoms with van der Waals surface area (Å²) in [4.78, 5) is 59.4. The number of carbonyl (C=O) groups excluding carboxylic acids is 3. The molecule has 5 aromatic rings. The van der Waals surface area contributed by atoms with Gasteiger partial charge in [0.25, 0.3) is 5.91 Å². The third-order valence-corrected chi connectivity index (χ3v) is 12.9. The van der Waals surface area contributed by atoms with E-state index in [4.69, 9.17) is 5.10 Å². The van der Waals surface area contributed by atoms with Crippen molar-refractivity contribution in [1.82, 2.24) is 39.0 Å². The minimum Gasteiger partial charge on any atom is -0.386 e. The standard InChI is InChI=1S/C44H52F3N9O5/c1-43(2,61)31-22-33-28(21-34(31)49-40(58)32-8-6-10-37(48-32)44(45,46)47)25-55(51-33)30-13-11-26(12-14-30)23-52(3)29-17-19-54(20-18-29)24-27-7-5-9-35-39(27)53(4)42(60)56(35)36-15-16-38(57)50-41(36)59/h5-10,21-22,25-26,29-30,36,61H,11-20,23-24H2,1-4H3,(H,49,58)(H,50,57,59). The van der Waals surface area contributed by atoms with Crippen molar-refractivity contribution >= 4 is 45.3 Å². The number of anilines is 1. The van der Waals surface area contributed by atoms with Crippen LogP contribution in [0.25, 0.3) is 21.9 Å². The van der Waals surface area contributed by atoms with Crippen LogP contribution in [0.5, 0.6) is 0 Å². The number of imide groups is 1. The highest BCUT2D eigenvalue weighted by Gasteiger charge is 2.35. The lowest BCUT2D eigenvalue weighted by atomic mass is 9.85. The van der Waals surface area contributed by atoms with E-state index in [-0.39, 0.29) is 35.4 Å². The van der Waals surface area contributed by atoms with Gasteiger partial charge in [0.15, 0.2) is 0 Å². The third-order valence-electron chi connectivity index (χ3n) is 12.9. The molecular weight excluding hydrogens is 792 g/mol. The maximum Gasteiger partial charge on any atom is 0.433 e. The molecule has 8 rings (SSSR count). The Balaban J connectivity index is 0.860. The fraction of sp³-hybridized carbons (Fsp3) is 0.500. The second-order valence-corrected chi connectivity index (χ2v) is 17.6. The normalized spacial score (nSPS) is 21.1. The Morgan fingerprint density at radius 2 is 1.70 bits per heavy atom. The molecule has 3 fully saturated rings. The summed E-state index contributed by atoms with van der Waals surface area (Å²) in [5.41, 5.74) is 0.662. The molecule has 0 spiro atoms. The van der Waals surface area contributed by atoms with E-state index in [2.05, 4.69) is 32.5 Å². The monoisotopic (exact) mass is 843 g/mol. The molecule has 61 heavy (non-hydrogen) atoms. The van der Waals surface area contributed by atoms with Gasteiger partial charge in [0.2, 0.25) is 11.8 Å². The number of nitrogens with one attached hydrogen (secondary N) is 2. The molecule has 0 radical (unpaired) electrons. The van der Waals surface area contributed by atoms with Gasteiger partial charge >= 0.3 is 11.9 Å². The van der Waals surface area contributed by atoms with Gasteiger partial charge in [-0.05, 0) is 121 Å². The predicted octanol–water partition coefficient (Wildman–Crippen LogP) is 5.89. The van der Waals surface area contributed by atoms with Crippen molar-refractivity contribution in [3.8, 4) is 0 Å². The number of nitrogens with zero attached hydrogens (tertiary/aromatic N) is 7. The number of pyridine rings is 1. The molecule has 0 bridgehead atoms. The average molecular weight is 844 g/mol. The number of imidazole rings is 1. The van der Waals surface area contributed by atoms with Crippen LogP contribution in [-0.2, 0) is 35.0 Å². The molecule has 1 atom stereocenters. The molecule has 14 nitrogen and oxygen atoms in total. The first kappa shape index (κ1) is 42.3. The molecule has 2 saturated heterocycles. The predicted molar refractivity (Wildman–Crippen MR) is 223 cm³/mol. The van der Waals surface area contributed by atoms with Gasteiger partial charge in [0.1, 0.15) is 17.4 Å². The van der Waals surface area contributed by atoms with Gasteiger partial charge in [0, 0.05) is 55.4 Å². The Morgan fingerprint density at radius 3 is 2.39 bits per heavy atom. The van der Waals surface area contributed by atoms with Crippen LogP contribution in [0.4, 0.5) is 18.9 Å². The largest absolute Gasteiger partial charge is 0.433 e. The number of aryl methyl sites for hydroxylation is 1. The molecule has 1 saturated carbocycles. The number of likely N-dealkylation sites (tertiary alicyclic amines) is 1. The molecule has 3 N–H and O–H groups in total. The number of alkyl halides is 3. The number of fused-ring (bicyclic) bond motifs is 2. The van der Waals surface area contributed by atoms with Crippen LogP contribution in [0.15, 0.2) is 59.5 Å². The highest BCUT2D eigenvalue weighted by molar-refractivity contribution is 6.04. The van der Waals surface area contributed by atoms with Crippen molar-refractivity contribution in [2.24, 2.45) is 13.0 Å². The number of aliphatic hydroxyl groups is 1. The van der Waals surface area contributed by atoms with E-state index >= 15 is 0 Å². The molecule has 5 heterocycles. The van der Waals surface area contributed by atoms with Crippen LogP contribution in [0.2, 0.25) is 0 Å². The lowest BCUT2D eigenvalue weighted by Crippen LogP contribution is -2.44. The van der Waals surface area contributed by atoms with Gasteiger partial charge < -0.3 is 15.3 Å². The Labute approximate surface area is 350 Å². The topological polar surface area (TPSA) is 160 Å². The zero-order valence-electron chi connectivity index (χ0n) is 34.8. The van der Waals surface area contributed by atoms with Gasteiger partial charge in [0.05, 0.1) is 28.2 Å². The van der Waals surface area contributed by atoms with E-state index in [9.17, 15) is 37.5 Å². The first-order valence-electron chi connectivity index (χ1n) is 21.0. The number of piperidine rings is 2. The molecule has 2 aliphatic heterocycles. The van der Waals surface area contributed by atoms with Crippen LogP contribution < -0.4 is 16.3 Å². The molecule has 3 aromatic heterocycles. The van der Waals surface area contributed by atoms with E-state index in [0.717, 1.165) is 86.8 Å². The molecule has 3 aliphatic rings. The third kappa shape index (κ3) is 8.73. The average Bonchev–Trinajstić information content (AvgIpc) is 3.75. The summed E-state index contributed by atoms with van der Waals surface area (Å²) in [5.74, 6) is -1.02. The van der Waals surface area contributed by atoms with E-state index in [1.54, 1.807) is 37.6 Å². The quantitative estimate of drug-likeness (QED) is 0.146. The maximum atomic E-state index is 13.4. The van der Waals surface area contributed by atoms with E-state index in [1.165, 1.54) is 10.6 Å². The lowest BCUT2D eigenvalue weighted by molar-refractivity contribution is -0.141. The first-order valence-corrected chi connectivity index (χ1v) is 21.0. The van der Waals surface area contributed by atoms with Gasteiger partial charge in [-0.15, -0.1) is 0 Å². The summed E-state index contributed by atoms with van der Waals surface area (Å²) in [7, 11) is 3.96. The number of hydrogen-bond donors (Lipinski definition) is 3. The number of hydrogen-bond acceptors (Lipinski definition) is 9. The number of amides is 3. The summed E-state index contributed by atoms with van der Waals surface area (Å²) in [6.07, 6.45) is 3.79. The number of rotatable bonds is 10. The molecule has 17 heteroatoms. The van der Waals surface area contributed by atoms with Crippen LogP contribution in [0.3, 0.4) is 0 Å². The zero-order valence-corrected chi connectivity index (χ0v) is 34.8. The Kier molecular flexibility index (Phi) is 11.4. The summed E-state index contributed by atoms with van der Waals surface area (Å²) in [6, 6.07) is 12.4. The van der Waals surface area contributed by atoms with E-state index in [0.29, 0.717) is 41.5 Å². The highest BCUT2D eigenvalue weighted by Crippen LogP contribution is 2.37. The Hall–Kier alpha value is -5.39. The number of halogens is 3. The van der Waals surface area contributed by atoms with Crippen LogP contribution in [-0.4, -0.2) is 89.3 Å². The van der Waals surface area contributed by atoms with Crippen molar-refractivity contribution in [2.75, 3.05) is 32.0 Å². The van der Waals surface area contributed by atoms with E-state index < -0.39 is 35.3 Å². The minimum atomic E-state index is -4.70. The molecule has 2 aromatic carbocycles. The van der Waals surface area contributed by atoms with Gasteiger partial charge in [-0.1, -0.05) is 18.2 Å². The summed E-state index contributed by atoms with van der Waals surface area (Å²) in [6.45, 7) is 6.70. The number of benzene rings is 2. The van der Waals surface area contributed by atoms with E-state index in [1.807, 2.05) is 29.1 Å². The smallest absolute Gasteiger partial charge is 0.386 e. The lowest BCUT2D eigenvalue weighted by Gasteiger charge is -2.39. The van der Waals surface area contributed by atoms with Crippen molar-refractivity contribution in [3.05, 3.63) is 87.7 Å². The number of carbonyl (C=O) groups is 3. The van der Waals surface area contributed by atoms with Crippen LogP contribution >= 0.6 is 0 Å². The SMILES string of the molecule is CN(CC1CCC(n2cc3cc(NC(=O)c4cccc(C(F)(F)F)n4)c(C(C)(C)O)cc3n2)CC1)C1CCN(Cc2cccc3c2n(C)c(=O)n3C2CCC(=O)NC2=O)CC1. The minimum absolute atomic E-state index is 0.181. The molecular formula is C44H52F3N9O5. The second kappa shape index (κ2) is 16.5. The molecule has 1 aliphatic carbocycles. The highest BCUT2D eigenvalue weighted by atomic mass is 19.4. The second-order valence-electron chi connectivity index (χ2n) is 17.6. The van der Waals surface area contributed by atoms with Gasteiger partial charge in [-0.25, -0.2) is 9.78 Å². The van der Waals surface area contributed by atoms with Crippen molar-refractivity contribution in [2.45, 2.75) is 102 Å². The van der Waals surface area contributed by atoms with Crippen molar-refractivity contribution < 1.29 is 32.7 Å². The van der Waals surface area contributed by atoms with Gasteiger partial charge in [-0.2, -0.15) is 18.3 Å². The first-order chi connectivity index (χ1) is 28.9. The summed E-state index contributed by atoms with van der Waals surface area (Å²) < 4.78 is 45.0. The van der Waals surface area contributed by atoms with Crippen molar-refractivity contribution in [3.63, 3.8) is 0 Å². The Morgan fingerprint density at radius 1 is 0.984 bits per heavy atom. The number of aromatic nitrogens is 5. The summed E-state index contributed by atoms with van der Waals surface area (Å²) >= 11 is 0. The maximum absolute atomic E-state index is 13.4. The van der Waals surface area contributed by atoms with Crippen LogP contribution in [0.1, 0.15) is 105 Å². The zero-order chi connectivity index (χ0) is 43.4. The van der Waals surface area contributed by atoms with Gasteiger partial charge in [-0.3, -0.25) is 38.4 Å². The van der Waals surface area contributed by atoms with Crippen LogP contribution in [0, 0.1) is 5.92 Å². The molecule has 1 unspecified atom stereocenters. The number of para-hydroxylation sites is 1. The van der Waals surface area contributed by atoms with Crippen molar-refractivity contribution in [1.29, 1.82) is 0 Å². The molecule has 3 amide bonds. The molecule has 324 valence electrons. The fourth-order valence-electron chi connectivity index (χ4n) is 9.58. The Bertz CT molecular complexity index is 2540. The summed E-state index contributed by atoms with van der Waals surface area (Å²) in [5, 5.41) is 21.7.